The molecule has 0 N–H and O–H groups in total. The molecule has 0 unspecified atom stereocenters. The summed E-state index contributed by atoms with van der Waals surface area (Å²) in [6.07, 6.45) is 8.92. The summed E-state index contributed by atoms with van der Waals surface area (Å²) in [5.74, 6) is 3.10. The van der Waals surface area contributed by atoms with E-state index in [9.17, 15) is 9.59 Å². The Balaban J connectivity index is 1.29. The van der Waals surface area contributed by atoms with Crippen LogP contribution in [0.1, 0.15) is 18.5 Å². The zero-order valence-corrected chi connectivity index (χ0v) is 16.7. The van der Waals surface area contributed by atoms with Gasteiger partial charge in [-0.15, -0.1) is 17.8 Å². The van der Waals surface area contributed by atoms with Crippen LogP contribution >= 0.6 is 11.3 Å². The van der Waals surface area contributed by atoms with Crippen molar-refractivity contribution in [1.82, 2.24) is 24.1 Å². The maximum atomic E-state index is 12.8. The van der Waals surface area contributed by atoms with Crippen molar-refractivity contribution in [2.75, 3.05) is 45.8 Å². The van der Waals surface area contributed by atoms with Crippen molar-refractivity contribution in [3.05, 3.63) is 33.7 Å². The molecule has 0 radical (unpaired) electrons. The van der Waals surface area contributed by atoms with Gasteiger partial charge in [0, 0.05) is 56.3 Å². The van der Waals surface area contributed by atoms with E-state index in [-0.39, 0.29) is 17.4 Å². The molecule has 2 aliphatic heterocycles. The molecule has 4 heterocycles. The molecule has 0 bridgehead atoms. The minimum absolute atomic E-state index is 0.0359. The highest BCUT2D eigenvalue weighted by Crippen LogP contribution is 2.20. The summed E-state index contributed by atoms with van der Waals surface area (Å²) in [7, 11) is 0. The van der Waals surface area contributed by atoms with Crippen LogP contribution in [0.2, 0.25) is 0 Å². The number of hydrogen-bond donors (Lipinski definition) is 0. The van der Waals surface area contributed by atoms with Crippen molar-refractivity contribution in [3.63, 3.8) is 0 Å². The lowest BCUT2D eigenvalue weighted by molar-refractivity contribution is -0.138. The summed E-state index contributed by atoms with van der Waals surface area (Å²) in [6, 6.07) is 1.61. The Hall–Kier alpha value is -2.21. The molecule has 2 saturated heterocycles. The fourth-order valence-electron chi connectivity index (χ4n) is 4.05. The number of amides is 1. The Kier molecular flexibility index (Phi) is 5.76. The van der Waals surface area contributed by atoms with Crippen molar-refractivity contribution < 1.29 is 4.79 Å². The highest BCUT2D eigenvalue weighted by Gasteiger charge is 2.30. The second-order valence-electron chi connectivity index (χ2n) is 7.50. The SMILES string of the molecule is C#CCN1CCC(C(=O)N2CCN(Cc3cc(=O)n4ccsc4n3)CC2)CC1. The second kappa shape index (κ2) is 8.43. The third kappa shape index (κ3) is 4.12. The average molecular weight is 400 g/mol. The normalized spacial score (nSPS) is 19.8. The van der Waals surface area contributed by atoms with Crippen molar-refractivity contribution in [1.29, 1.82) is 0 Å². The zero-order chi connectivity index (χ0) is 19.5. The summed E-state index contributed by atoms with van der Waals surface area (Å²) in [5, 5.41) is 1.87. The first-order valence-electron chi connectivity index (χ1n) is 9.77. The molecule has 148 valence electrons. The monoisotopic (exact) mass is 399 g/mol. The molecule has 28 heavy (non-hydrogen) atoms. The number of piperidine rings is 1. The van der Waals surface area contributed by atoms with E-state index in [0.29, 0.717) is 13.1 Å². The van der Waals surface area contributed by atoms with E-state index < -0.39 is 0 Å². The van der Waals surface area contributed by atoms with Gasteiger partial charge in [0.1, 0.15) is 0 Å². The van der Waals surface area contributed by atoms with Gasteiger partial charge >= 0.3 is 0 Å². The van der Waals surface area contributed by atoms with Crippen LogP contribution in [0.25, 0.3) is 4.96 Å². The van der Waals surface area contributed by atoms with Crippen LogP contribution in [-0.4, -0.2) is 75.8 Å². The first-order valence-corrected chi connectivity index (χ1v) is 10.6. The number of carbonyl (C=O) groups is 1. The molecule has 0 spiro atoms. The van der Waals surface area contributed by atoms with Crippen LogP contribution in [0.4, 0.5) is 0 Å². The number of aromatic nitrogens is 2. The lowest BCUT2D eigenvalue weighted by Gasteiger charge is -2.38. The number of hydrogen-bond acceptors (Lipinski definition) is 6. The minimum Gasteiger partial charge on any atom is -0.340 e. The van der Waals surface area contributed by atoms with Crippen LogP contribution < -0.4 is 5.56 Å². The van der Waals surface area contributed by atoms with E-state index in [2.05, 4.69) is 20.7 Å². The van der Waals surface area contributed by atoms with E-state index in [1.54, 1.807) is 16.7 Å². The molecule has 0 atom stereocenters. The van der Waals surface area contributed by atoms with Gasteiger partial charge in [-0.1, -0.05) is 5.92 Å². The van der Waals surface area contributed by atoms with E-state index in [1.807, 2.05) is 10.3 Å². The molecule has 0 saturated carbocycles. The third-order valence-electron chi connectivity index (χ3n) is 5.68. The smallest absolute Gasteiger partial charge is 0.258 e. The summed E-state index contributed by atoms with van der Waals surface area (Å²) in [5.41, 5.74) is 0.763. The van der Waals surface area contributed by atoms with Gasteiger partial charge in [-0.05, 0) is 25.9 Å². The molecular formula is C20H25N5O2S. The van der Waals surface area contributed by atoms with Crippen molar-refractivity contribution in [2.24, 2.45) is 5.92 Å². The minimum atomic E-state index is -0.0359. The summed E-state index contributed by atoms with van der Waals surface area (Å²) < 4.78 is 1.57. The highest BCUT2D eigenvalue weighted by molar-refractivity contribution is 7.15. The third-order valence-corrected chi connectivity index (χ3v) is 6.43. The van der Waals surface area contributed by atoms with Crippen LogP contribution in [-0.2, 0) is 11.3 Å². The molecule has 2 aliphatic rings. The van der Waals surface area contributed by atoms with Gasteiger partial charge < -0.3 is 4.90 Å². The first kappa shape index (κ1) is 19.1. The van der Waals surface area contributed by atoms with Gasteiger partial charge in [0.15, 0.2) is 4.96 Å². The number of nitrogens with zero attached hydrogens (tertiary/aromatic N) is 5. The Morgan fingerprint density at radius 1 is 1.18 bits per heavy atom. The average Bonchev–Trinajstić information content (AvgIpc) is 3.18. The van der Waals surface area contributed by atoms with Gasteiger partial charge in [-0.2, -0.15) is 0 Å². The number of rotatable bonds is 4. The molecule has 2 fully saturated rings. The molecule has 2 aromatic rings. The standard InChI is InChI=1S/C20H25N5O2S/c1-2-5-22-6-3-16(4-7-22)19(27)24-10-8-23(9-11-24)15-17-14-18(26)25-12-13-28-20(25)21-17/h1,12-14,16H,3-11,15H2. The highest BCUT2D eigenvalue weighted by atomic mass is 32.1. The molecule has 1 amide bonds. The van der Waals surface area contributed by atoms with Crippen LogP contribution in [0, 0.1) is 18.3 Å². The number of piperazine rings is 1. The molecule has 4 rings (SSSR count). The zero-order valence-electron chi connectivity index (χ0n) is 15.9. The van der Waals surface area contributed by atoms with E-state index in [0.717, 1.165) is 62.8 Å². The van der Waals surface area contributed by atoms with Crippen molar-refractivity contribution in [2.45, 2.75) is 19.4 Å². The number of thiazole rings is 1. The van der Waals surface area contributed by atoms with Crippen molar-refractivity contribution >= 4 is 22.2 Å². The molecule has 0 aromatic carbocycles. The Morgan fingerprint density at radius 2 is 1.93 bits per heavy atom. The lowest BCUT2D eigenvalue weighted by Crippen LogP contribution is -2.51. The predicted molar refractivity (Wildman–Crippen MR) is 109 cm³/mol. The predicted octanol–water partition coefficient (Wildman–Crippen LogP) is 0.745. The van der Waals surface area contributed by atoms with Gasteiger partial charge in [-0.25, -0.2) is 4.98 Å². The van der Waals surface area contributed by atoms with Crippen LogP contribution in [0.5, 0.6) is 0 Å². The van der Waals surface area contributed by atoms with Gasteiger partial charge in [0.2, 0.25) is 5.91 Å². The quantitative estimate of drug-likeness (QED) is 0.710. The largest absolute Gasteiger partial charge is 0.340 e. The second-order valence-corrected chi connectivity index (χ2v) is 8.37. The number of carbonyl (C=O) groups excluding carboxylic acids is 1. The van der Waals surface area contributed by atoms with Gasteiger partial charge in [0.25, 0.3) is 5.56 Å². The molecule has 0 aliphatic carbocycles. The molecule has 7 nitrogen and oxygen atoms in total. The van der Waals surface area contributed by atoms with E-state index in [4.69, 9.17) is 6.42 Å². The summed E-state index contributed by atoms with van der Waals surface area (Å²) in [4.78, 5) is 36.8. The fraction of sp³-hybridized carbons (Fsp3) is 0.550. The Labute approximate surface area is 168 Å². The van der Waals surface area contributed by atoms with Gasteiger partial charge in [-0.3, -0.25) is 23.8 Å². The number of terminal acetylenes is 1. The molecular weight excluding hydrogens is 374 g/mol. The first-order chi connectivity index (χ1) is 13.6. The number of fused-ring (bicyclic) bond motifs is 1. The topological polar surface area (TPSA) is 61.2 Å². The Bertz CT molecular complexity index is 930. The van der Waals surface area contributed by atoms with E-state index >= 15 is 0 Å². The molecule has 2 aromatic heterocycles. The van der Waals surface area contributed by atoms with Gasteiger partial charge in [0.05, 0.1) is 12.2 Å². The van der Waals surface area contributed by atoms with Crippen LogP contribution in [0.3, 0.4) is 0 Å². The van der Waals surface area contributed by atoms with E-state index in [1.165, 1.54) is 11.3 Å². The fourth-order valence-corrected chi connectivity index (χ4v) is 4.79. The Morgan fingerprint density at radius 3 is 2.64 bits per heavy atom. The maximum absolute atomic E-state index is 12.8. The maximum Gasteiger partial charge on any atom is 0.258 e. The lowest BCUT2D eigenvalue weighted by atomic mass is 9.95. The summed E-state index contributed by atoms with van der Waals surface area (Å²) >= 11 is 1.47. The van der Waals surface area contributed by atoms with Crippen molar-refractivity contribution in [3.8, 4) is 12.3 Å². The molecule has 8 heteroatoms. The number of likely N-dealkylation sites (tertiary alicyclic amines) is 1. The van der Waals surface area contributed by atoms with Crippen LogP contribution in [0.15, 0.2) is 22.4 Å². The summed E-state index contributed by atoms with van der Waals surface area (Å²) in [6.45, 7) is 6.25.